The van der Waals surface area contributed by atoms with Crippen molar-refractivity contribution in [3.05, 3.63) is 70.0 Å². The largest absolute Gasteiger partial charge is 0.379 e. The lowest BCUT2D eigenvalue weighted by molar-refractivity contribution is 0.0341. The molecule has 7 heteroatoms. The smallest absolute Gasteiger partial charge is 0.315 e. The molecule has 2 amide bonds. The maximum atomic E-state index is 13.2. The molecule has 1 aliphatic rings. The van der Waals surface area contributed by atoms with Gasteiger partial charge in [-0.1, -0.05) is 41.9 Å². The molecule has 1 fully saturated rings. The average molecular weight is 392 g/mol. The molecular weight excluding hydrogens is 369 g/mol. The van der Waals surface area contributed by atoms with Crippen molar-refractivity contribution in [3.8, 4) is 0 Å². The zero-order valence-corrected chi connectivity index (χ0v) is 15.8. The molecule has 2 aromatic carbocycles. The molecule has 0 saturated carbocycles. The Kier molecular flexibility index (Phi) is 7.04. The minimum atomic E-state index is -0.471. The molecule has 1 aliphatic heterocycles. The summed E-state index contributed by atoms with van der Waals surface area (Å²) in [6.45, 7) is 4.92. The average Bonchev–Trinajstić information content (AvgIpc) is 2.69. The first-order valence-electron chi connectivity index (χ1n) is 8.94. The Labute approximate surface area is 163 Å². The Hall–Kier alpha value is -2.15. The van der Waals surface area contributed by atoms with Crippen LogP contribution >= 0.6 is 11.6 Å². The highest BCUT2D eigenvalue weighted by Crippen LogP contribution is 2.16. The van der Waals surface area contributed by atoms with E-state index in [-0.39, 0.29) is 17.6 Å². The van der Waals surface area contributed by atoms with Crippen molar-refractivity contribution in [2.45, 2.75) is 19.6 Å². The summed E-state index contributed by atoms with van der Waals surface area (Å²) < 4.78 is 18.6. The molecule has 0 spiro atoms. The third-order valence-electron chi connectivity index (χ3n) is 4.49. The minimum absolute atomic E-state index is 0.0479. The number of rotatable bonds is 6. The summed E-state index contributed by atoms with van der Waals surface area (Å²) in [4.78, 5) is 14.4. The number of benzene rings is 2. The second-order valence-corrected chi connectivity index (χ2v) is 6.85. The number of hydrogen-bond acceptors (Lipinski definition) is 3. The normalized spacial score (nSPS) is 14.7. The lowest BCUT2D eigenvalue weighted by atomic mass is 10.1. The number of urea groups is 1. The number of ether oxygens (including phenoxy) is 1. The summed E-state index contributed by atoms with van der Waals surface area (Å²) in [5.41, 5.74) is 3.03. The summed E-state index contributed by atoms with van der Waals surface area (Å²) >= 11 is 5.75. The summed E-state index contributed by atoms with van der Waals surface area (Å²) in [7, 11) is 0. The molecule has 1 saturated heterocycles. The maximum absolute atomic E-state index is 13.2. The minimum Gasteiger partial charge on any atom is -0.379 e. The lowest BCUT2D eigenvalue weighted by Gasteiger charge is -2.27. The van der Waals surface area contributed by atoms with E-state index in [4.69, 9.17) is 16.3 Å². The van der Waals surface area contributed by atoms with E-state index in [9.17, 15) is 9.18 Å². The molecule has 0 bridgehead atoms. The highest BCUT2D eigenvalue weighted by molar-refractivity contribution is 6.30. The predicted molar refractivity (Wildman–Crippen MR) is 103 cm³/mol. The maximum Gasteiger partial charge on any atom is 0.315 e. The van der Waals surface area contributed by atoms with Crippen molar-refractivity contribution >= 4 is 17.6 Å². The van der Waals surface area contributed by atoms with E-state index < -0.39 is 5.82 Å². The number of carbonyl (C=O) groups is 1. The van der Waals surface area contributed by atoms with Crippen molar-refractivity contribution in [2.75, 3.05) is 26.3 Å². The van der Waals surface area contributed by atoms with Crippen molar-refractivity contribution in [1.82, 2.24) is 15.5 Å². The van der Waals surface area contributed by atoms with E-state index in [0.29, 0.717) is 6.54 Å². The van der Waals surface area contributed by atoms with Crippen LogP contribution in [0.1, 0.15) is 16.7 Å². The Bertz CT molecular complexity index is 782. The second-order valence-electron chi connectivity index (χ2n) is 6.44. The number of nitrogens with one attached hydrogen (secondary N) is 2. The van der Waals surface area contributed by atoms with Crippen molar-refractivity contribution < 1.29 is 13.9 Å². The second kappa shape index (κ2) is 9.69. The van der Waals surface area contributed by atoms with Crippen LogP contribution in [0.3, 0.4) is 0 Å². The van der Waals surface area contributed by atoms with E-state index in [0.717, 1.165) is 44.0 Å². The van der Waals surface area contributed by atoms with Crippen LogP contribution in [-0.4, -0.2) is 37.2 Å². The Balaban J connectivity index is 1.50. The van der Waals surface area contributed by atoms with Gasteiger partial charge in [0.05, 0.1) is 18.2 Å². The fraction of sp³-hybridized carbons (Fsp3) is 0.350. The van der Waals surface area contributed by atoms with E-state index >= 15 is 0 Å². The topological polar surface area (TPSA) is 53.6 Å². The number of morpholine rings is 1. The fourth-order valence-electron chi connectivity index (χ4n) is 2.95. The highest BCUT2D eigenvalue weighted by Gasteiger charge is 2.13. The van der Waals surface area contributed by atoms with Gasteiger partial charge in [-0.3, -0.25) is 4.90 Å². The first-order chi connectivity index (χ1) is 13.1. The Morgan fingerprint density at radius 1 is 1.07 bits per heavy atom. The van der Waals surface area contributed by atoms with Crippen molar-refractivity contribution in [2.24, 2.45) is 0 Å². The van der Waals surface area contributed by atoms with Crippen LogP contribution in [0.15, 0.2) is 42.5 Å². The van der Waals surface area contributed by atoms with Crippen LogP contribution < -0.4 is 10.6 Å². The van der Waals surface area contributed by atoms with Crippen molar-refractivity contribution in [1.29, 1.82) is 0 Å². The van der Waals surface area contributed by atoms with Crippen LogP contribution in [-0.2, 0) is 24.4 Å². The van der Waals surface area contributed by atoms with Gasteiger partial charge < -0.3 is 15.4 Å². The first-order valence-corrected chi connectivity index (χ1v) is 9.32. The van der Waals surface area contributed by atoms with Gasteiger partial charge in [-0.15, -0.1) is 0 Å². The molecule has 0 atom stereocenters. The van der Waals surface area contributed by atoms with Crippen molar-refractivity contribution in [3.63, 3.8) is 0 Å². The van der Waals surface area contributed by atoms with E-state index in [1.807, 2.05) is 18.2 Å². The van der Waals surface area contributed by atoms with Crippen LogP contribution in [0.25, 0.3) is 0 Å². The van der Waals surface area contributed by atoms with Gasteiger partial charge in [0.15, 0.2) is 0 Å². The van der Waals surface area contributed by atoms with Crippen LogP contribution in [0.5, 0.6) is 0 Å². The van der Waals surface area contributed by atoms with Gasteiger partial charge in [0.2, 0.25) is 0 Å². The predicted octanol–water partition coefficient (Wildman–Crippen LogP) is 3.31. The quantitative estimate of drug-likeness (QED) is 0.794. The molecular formula is C20H23ClFN3O2. The summed E-state index contributed by atoms with van der Waals surface area (Å²) in [5.74, 6) is -0.471. The molecule has 1 heterocycles. The van der Waals surface area contributed by atoms with Gasteiger partial charge in [0, 0.05) is 32.7 Å². The molecule has 5 nitrogen and oxygen atoms in total. The van der Waals surface area contributed by atoms with Crippen LogP contribution in [0, 0.1) is 5.82 Å². The monoisotopic (exact) mass is 391 g/mol. The van der Waals surface area contributed by atoms with Gasteiger partial charge in [0.1, 0.15) is 5.82 Å². The number of halogens is 2. The lowest BCUT2D eigenvalue weighted by Crippen LogP contribution is -2.37. The van der Waals surface area contributed by atoms with Gasteiger partial charge in [-0.2, -0.15) is 0 Å². The highest BCUT2D eigenvalue weighted by atomic mass is 35.5. The molecule has 2 N–H and O–H groups in total. The molecule has 0 aromatic heterocycles. The third-order valence-corrected chi connectivity index (χ3v) is 4.78. The number of hydrogen-bond donors (Lipinski definition) is 2. The summed E-state index contributed by atoms with van der Waals surface area (Å²) in [5, 5.41) is 5.68. The zero-order valence-electron chi connectivity index (χ0n) is 15.0. The molecule has 3 rings (SSSR count). The molecule has 0 aliphatic carbocycles. The fourth-order valence-corrected chi connectivity index (χ4v) is 3.16. The number of carbonyl (C=O) groups excluding carboxylic acids is 1. The number of amides is 2. The van der Waals surface area contributed by atoms with Gasteiger partial charge >= 0.3 is 6.03 Å². The van der Waals surface area contributed by atoms with E-state index in [1.165, 1.54) is 17.7 Å². The Morgan fingerprint density at radius 3 is 2.52 bits per heavy atom. The SMILES string of the molecule is O=C(NCc1ccc(F)c(Cl)c1)NCc1ccccc1CN1CCOCC1. The summed E-state index contributed by atoms with van der Waals surface area (Å²) in [6, 6.07) is 12.2. The standard InChI is InChI=1S/C20H23ClFN3O2/c21-18-11-15(5-6-19(18)22)12-23-20(26)24-13-16-3-1-2-4-17(16)14-25-7-9-27-10-8-25/h1-6,11H,7-10,12-14H2,(H2,23,24,26). The molecule has 27 heavy (non-hydrogen) atoms. The zero-order chi connectivity index (χ0) is 19.1. The molecule has 144 valence electrons. The molecule has 0 radical (unpaired) electrons. The van der Waals surface area contributed by atoms with Gasteiger partial charge in [-0.25, -0.2) is 9.18 Å². The molecule has 2 aromatic rings. The van der Waals surface area contributed by atoms with E-state index in [1.54, 1.807) is 6.07 Å². The van der Waals surface area contributed by atoms with Gasteiger partial charge in [0.25, 0.3) is 0 Å². The van der Waals surface area contributed by atoms with Crippen LogP contribution in [0.4, 0.5) is 9.18 Å². The Morgan fingerprint density at radius 2 is 1.78 bits per heavy atom. The van der Waals surface area contributed by atoms with Crippen LogP contribution in [0.2, 0.25) is 5.02 Å². The molecule has 0 unspecified atom stereocenters. The van der Waals surface area contributed by atoms with E-state index in [2.05, 4.69) is 21.6 Å². The third kappa shape index (κ3) is 5.92. The first kappa shape index (κ1) is 19.6. The van der Waals surface area contributed by atoms with Gasteiger partial charge in [-0.05, 0) is 28.8 Å². The number of nitrogens with zero attached hydrogens (tertiary/aromatic N) is 1. The summed E-state index contributed by atoms with van der Waals surface area (Å²) in [6.07, 6.45) is 0.